The quantitative estimate of drug-likeness (QED) is 0.785. The van der Waals surface area contributed by atoms with Gasteiger partial charge in [0.05, 0.1) is 5.56 Å². The SMILES string of the molecule is O=C1C=CC(=O)c2c1cccc2C(=O)N1CCCCC1. The maximum Gasteiger partial charge on any atom is 0.254 e. The lowest BCUT2D eigenvalue weighted by Gasteiger charge is -2.27. The van der Waals surface area contributed by atoms with Crippen LogP contribution in [0.25, 0.3) is 0 Å². The van der Waals surface area contributed by atoms with Gasteiger partial charge in [-0.25, -0.2) is 0 Å². The molecule has 0 spiro atoms. The summed E-state index contributed by atoms with van der Waals surface area (Å²) in [6.07, 6.45) is 5.63. The number of rotatable bonds is 1. The minimum Gasteiger partial charge on any atom is -0.339 e. The van der Waals surface area contributed by atoms with E-state index in [9.17, 15) is 14.4 Å². The van der Waals surface area contributed by atoms with Gasteiger partial charge in [-0.05, 0) is 37.5 Å². The largest absolute Gasteiger partial charge is 0.339 e. The summed E-state index contributed by atoms with van der Waals surface area (Å²) in [6.45, 7) is 1.45. The average Bonchev–Trinajstić information content (AvgIpc) is 2.51. The van der Waals surface area contributed by atoms with Crippen molar-refractivity contribution >= 4 is 17.5 Å². The summed E-state index contributed by atoms with van der Waals surface area (Å²) in [7, 11) is 0. The zero-order chi connectivity index (χ0) is 14.1. The van der Waals surface area contributed by atoms with Gasteiger partial charge in [-0.1, -0.05) is 12.1 Å². The fourth-order valence-electron chi connectivity index (χ4n) is 2.79. The maximum atomic E-state index is 12.6. The molecular weight excluding hydrogens is 254 g/mol. The Hall–Kier alpha value is -2.23. The molecule has 0 aromatic heterocycles. The van der Waals surface area contributed by atoms with E-state index in [1.165, 1.54) is 12.2 Å². The third-order valence-electron chi connectivity index (χ3n) is 3.84. The summed E-state index contributed by atoms with van der Waals surface area (Å²) < 4.78 is 0. The van der Waals surface area contributed by atoms with Gasteiger partial charge < -0.3 is 4.90 Å². The molecule has 2 aliphatic rings. The van der Waals surface area contributed by atoms with E-state index in [1.54, 1.807) is 23.1 Å². The maximum absolute atomic E-state index is 12.6. The molecule has 1 aromatic rings. The highest BCUT2D eigenvalue weighted by atomic mass is 16.2. The minimum absolute atomic E-state index is 0.141. The van der Waals surface area contributed by atoms with Gasteiger partial charge >= 0.3 is 0 Å². The number of amides is 1. The smallest absolute Gasteiger partial charge is 0.254 e. The van der Waals surface area contributed by atoms with Crippen molar-refractivity contribution in [2.75, 3.05) is 13.1 Å². The number of benzene rings is 1. The zero-order valence-corrected chi connectivity index (χ0v) is 11.1. The summed E-state index contributed by atoms with van der Waals surface area (Å²) in [5.41, 5.74) is 0.947. The number of nitrogens with zero attached hydrogens (tertiary/aromatic N) is 1. The molecule has 1 aliphatic carbocycles. The molecule has 1 aliphatic heterocycles. The van der Waals surface area contributed by atoms with Gasteiger partial charge in [0.1, 0.15) is 0 Å². The number of carbonyl (C=O) groups is 3. The molecule has 0 saturated carbocycles. The van der Waals surface area contributed by atoms with Crippen LogP contribution in [-0.4, -0.2) is 35.5 Å². The molecule has 0 bridgehead atoms. The molecule has 20 heavy (non-hydrogen) atoms. The number of allylic oxidation sites excluding steroid dienone is 2. The number of piperidine rings is 1. The first-order valence-electron chi connectivity index (χ1n) is 6.87. The normalized spacial score (nSPS) is 18.1. The number of likely N-dealkylation sites (tertiary alicyclic amines) is 1. The van der Waals surface area contributed by atoms with Crippen LogP contribution in [0.5, 0.6) is 0 Å². The van der Waals surface area contributed by atoms with Crippen LogP contribution in [0.2, 0.25) is 0 Å². The fourth-order valence-corrected chi connectivity index (χ4v) is 2.79. The first-order valence-corrected chi connectivity index (χ1v) is 6.87. The van der Waals surface area contributed by atoms with E-state index >= 15 is 0 Å². The van der Waals surface area contributed by atoms with Crippen molar-refractivity contribution in [2.24, 2.45) is 0 Å². The Morgan fingerprint density at radius 2 is 1.65 bits per heavy atom. The lowest BCUT2D eigenvalue weighted by Crippen LogP contribution is -2.36. The molecule has 0 unspecified atom stereocenters. The number of ketones is 2. The molecular formula is C16H15NO3. The van der Waals surface area contributed by atoms with Crippen molar-refractivity contribution in [1.82, 2.24) is 4.90 Å². The topological polar surface area (TPSA) is 54.5 Å². The molecule has 1 saturated heterocycles. The summed E-state index contributed by atoms with van der Waals surface area (Å²) in [5.74, 6) is -0.619. The fraction of sp³-hybridized carbons (Fsp3) is 0.312. The third kappa shape index (κ3) is 2.07. The highest BCUT2D eigenvalue weighted by Gasteiger charge is 2.27. The molecule has 0 N–H and O–H groups in total. The molecule has 0 radical (unpaired) electrons. The monoisotopic (exact) mass is 269 g/mol. The predicted octanol–water partition coefficient (Wildman–Crippen LogP) is 2.25. The Balaban J connectivity index is 2.03. The van der Waals surface area contributed by atoms with Gasteiger partial charge in [0.2, 0.25) is 0 Å². The van der Waals surface area contributed by atoms with Crippen molar-refractivity contribution in [3.63, 3.8) is 0 Å². The van der Waals surface area contributed by atoms with Crippen molar-refractivity contribution in [3.8, 4) is 0 Å². The lowest BCUT2D eigenvalue weighted by atomic mass is 9.90. The first-order chi connectivity index (χ1) is 9.68. The van der Waals surface area contributed by atoms with Gasteiger partial charge in [0.25, 0.3) is 5.91 Å². The number of fused-ring (bicyclic) bond motifs is 1. The van der Waals surface area contributed by atoms with Crippen LogP contribution in [-0.2, 0) is 0 Å². The average molecular weight is 269 g/mol. The van der Waals surface area contributed by atoms with Gasteiger partial charge in [-0.3, -0.25) is 14.4 Å². The zero-order valence-electron chi connectivity index (χ0n) is 11.1. The van der Waals surface area contributed by atoms with Crippen LogP contribution in [0.3, 0.4) is 0 Å². The van der Waals surface area contributed by atoms with E-state index in [0.29, 0.717) is 11.1 Å². The van der Waals surface area contributed by atoms with E-state index in [2.05, 4.69) is 0 Å². The number of hydrogen-bond acceptors (Lipinski definition) is 3. The van der Waals surface area contributed by atoms with Crippen LogP contribution in [0.1, 0.15) is 50.3 Å². The molecule has 3 rings (SSSR count). The molecule has 1 fully saturated rings. The molecule has 1 heterocycles. The number of carbonyl (C=O) groups excluding carboxylic acids is 3. The highest BCUT2D eigenvalue weighted by Crippen LogP contribution is 2.23. The van der Waals surface area contributed by atoms with Gasteiger partial charge in [-0.2, -0.15) is 0 Å². The standard InChI is InChI=1S/C16H15NO3/c18-13-7-8-14(19)15-11(13)5-4-6-12(15)16(20)17-9-2-1-3-10-17/h4-8H,1-3,9-10H2. The van der Waals surface area contributed by atoms with Gasteiger partial charge in [0.15, 0.2) is 11.6 Å². The first kappa shape index (κ1) is 12.8. The molecule has 1 aromatic carbocycles. The Morgan fingerprint density at radius 1 is 0.950 bits per heavy atom. The van der Waals surface area contributed by atoms with Crippen LogP contribution >= 0.6 is 0 Å². The molecule has 102 valence electrons. The minimum atomic E-state index is -0.263. The van der Waals surface area contributed by atoms with E-state index in [4.69, 9.17) is 0 Å². The van der Waals surface area contributed by atoms with E-state index in [0.717, 1.165) is 32.4 Å². The lowest BCUT2D eigenvalue weighted by molar-refractivity contribution is 0.0720. The molecule has 1 amide bonds. The summed E-state index contributed by atoms with van der Waals surface area (Å²) in [5, 5.41) is 0. The predicted molar refractivity (Wildman–Crippen MR) is 74.0 cm³/mol. The van der Waals surface area contributed by atoms with E-state index in [1.807, 2.05) is 0 Å². The van der Waals surface area contributed by atoms with Crippen molar-refractivity contribution in [1.29, 1.82) is 0 Å². The Morgan fingerprint density at radius 3 is 2.40 bits per heavy atom. The summed E-state index contributed by atoms with van der Waals surface area (Å²) in [4.78, 5) is 38.2. The molecule has 4 nitrogen and oxygen atoms in total. The highest BCUT2D eigenvalue weighted by molar-refractivity contribution is 6.25. The second kappa shape index (κ2) is 5.04. The second-order valence-corrected chi connectivity index (χ2v) is 5.14. The Kier molecular flexibility index (Phi) is 3.22. The summed E-state index contributed by atoms with van der Waals surface area (Å²) in [6, 6.07) is 4.91. The Labute approximate surface area is 117 Å². The number of hydrogen-bond donors (Lipinski definition) is 0. The van der Waals surface area contributed by atoms with Gasteiger partial charge in [0, 0.05) is 24.2 Å². The summed E-state index contributed by atoms with van der Waals surface area (Å²) >= 11 is 0. The van der Waals surface area contributed by atoms with Crippen molar-refractivity contribution in [3.05, 3.63) is 47.0 Å². The molecule has 4 heteroatoms. The van der Waals surface area contributed by atoms with Crippen LogP contribution in [0, 0.1) is 0 Å². The van der Waals surface area contributed by atoms with Crippen molar-refractivity contribution < 1.29 is 14.4 Å². The van der Waals surface area contributed by atoms with Gasteiger partial charge in [-0.15, -0.1) is 0 Å². The molecule has 0 atom stereocenters. The third-order valence-corrected chi connectivity index (χ3v) is 3.84. The van der Waals surface area contributed by atoms with E-state index in [-0.39, 0.29) is 23.0 Å². The Bertz CT molecular complexity index is 625. The second-order valence-electron chi connectivity index (χ2n) is 5.14. The van der Waals surface area contributed by atoms with E-state index < -0.39 is 0 Å². The van der Waals surface area contributed by atoms with Crippen LogP contribution in [0.4, 0.5) is 0 Å². The van der Waals surface area contributed by atoms with Crippen LogP contribution < -0.4 is 0 Å². The van der Waals surface area contributed by atoms with Crippen molar-refractivity contribution in [2.45, 2.75) is 19.3 Å². The van der Waals surface area contributed by atoms with Crippen LogP contribution in [0.15, 0.2) is 30.4 Å².